The Kier molecular flexibility index (Phi) is 3.89. The number of halogens is 1. The smallest absolute Gasteiger partial charge is 0.104 e. The highest BCUT2D eigenvalue weighted by molar-refractivity contribution is 7.80. The molecule has 4 heteroatoms. The predicted octanol–water partition coefficient (Wildman–Crippen LogP) is 3.57. The molecule has 1 fully saturated rings. The summed E-state index contributed by atoms with van der Waals surface area (Å²) < 4.78 is 0. The van der Waals surface area contributed by atoms with E-state index in [9.17, 15) is 0 Å². The van der Waals surface area contributed by atoms with Crippen molar-refractivity contribution in [2.75, 3.05) is 5.32 Å². The third-order valence-electron chi connectivity index (χ3n) is 3.31. The number of benzene rings is 1. The molecule has 2 atom stereocenters. The van der Waals surface area contributed by atoms with Crippen LogP contribution in [0.3, 0.4) is 0 Å². The number of hydrogen-bond acceptors (Lipinski definition) is 2. The largest absolute Gasteiger partial charge is 0.389 e. The molecule has 2 rings (SSSR count). The van der Waals surface area contributed by atoms with Crippen molar-refractivity contribution in [1.29, 1.82) is 0 Å². The summed E-state index contributed by atoms with van der Waals surface area (Å²) >= 11 is 11.1. The topological polar surface area (TPSA) is 38.0 Å². The second kappa shape index (κ2) is 5.23. The van der Waals surface area contributed by atoms with Crippen LogP contribution in [-0.2, 0) is 0 Å². The van der Waals surface area contributed by atoms with E-state index in [1.165, 1.54) is 19.3 Å². The summed E-state index contributed by atoms with van der Waals surface area (Å²) in [5.41, 5.74) is 7.36. The lowest BCUT2D eigenvalue weighted by Crippen LogP contribution is -2.16. The summed E-state index contributed by atoms with van der Waals surface area (Å²) in [6.45, 7) is 2.29. The minimum absolute atomic E-state index is 0.382. The normalized spacial score (nSPS) is 23.6. The van der Waals surface area contributed by atoms with Crippen LogP contribution in [0.5, 0.6) is 0 Å². The SMILES string of the molecule is CC1CCC(Nc2ccc(C(N)=S)cc2Cl)C1. The molecule has 92 valence electrons. The molecule has 0 heterocycles. The van der Waals surface area contributed by atoms with Crippen molar-refractivity contribution in [1.82, 2.24) is 0 Å². The van der Waals surface area contributed by atoms with Gasteiger partial charge in [-0.3, -0.25) is 0 Å². The third kappa shape index (κ3) is 3.11. The zero-order chi connectivity index (χ0) is 12.4. The molecule has 2 nitrogen and oxygen atoms in total. The molecular weight excluding hydrogens is 252 g/mol. The van der Waals surface area contributed by atoms with Crippen molar-refractivity contribution >= 4 is 34.5 Å². The van der Waals surface area contributed by atoms with E-state index in [2.05, 4.69) is 12.2 Å². The van der Waals surface area contributed by atoms with Crippen LogP contribution in [0.15, 0.2) is 18.2 Å². The van der Waals surface area contributed by atoms with E-state index >= 15 is 0 Å². The Morgan fingerprint density at radius 3 is 2.76 bits per heavy atom. The van der Waals surface area contributed by atoms with Gasteiger partial charge in [0.1, 0.15) is 4.99 Å². The number of nitrogens with two attached hydrogens (primary N) is 1. The fourth-order valence-electron chi connectivity index (χ4n) is 2.34. The molecule has 0 saturated heterocycles. The summed E-state index contributed by atoms with van der Waals surface area (Å²) in [6, 6.07) is 6.23. The molecule has 2 unspecified atom stereocenters. The monoisotopic (exact) mass is 268 g/mol. The summed E-state index contributed by atoms with van der Waals surface area (Å²) in [5, 5.41) is 4.18. The molecule has 0 radical (unpaired) electrons. The second-order valence-corrected chi connectivity index (χ2v) is 5.67. The average Bonchev–Trinajstić information content (AvgIpc) is 2.67. The van der Waals surface area contributed by atoms with E-state index in [1.54, 1.807) is 0 Å². The standard InChI is InChI=1S/C13H17ClN2S/c1-8-2-4-10(6-8)16-12-5-3-9(13(15)17)7-11(12)14/h3,5,7-8,10,16H,2,4,6H2,1H3,(H2,15,17). The van der Waals surface area contributed by atoms with E-state index in [1.807, 2.05) is 18.2 Å². The lowest BCUT2D eigenvalue weighted by molar-refractivity contribution is 0.602. The fraction of sp³-hybridized carbons (Fsp3) is 0.462. The number of nitrogens with one attached hydrogen (secondary N) is 1. The van der Waals surface area contributed by atoms with E-state index in [0.29, 0.717) is 16.1 Å². The predicted molar refractivity (Wildman–Crippen MR) is 77.8 cm³/mol. The van der Waals surface area contributed by atoms with E-state index in [4.69, 9.17) is 29.6 Å². The Hall–Kier alpha value is -0.800. The first-order valence-corrected chi connectivity index (χ1v) is 6.71. The van der Waals surface area contributed by atoms with Crippen molar-refractivity contribution in [3.63, 3.8) is 0 Å². The molecular formula is C13H17ClN2S. The fourth-order valence-corrected chi connectivity index (χ4v) is 2.71. The van der Waals surface area contributed by atoms with Crippen molar-refractivity contribution < 1.29 is 0 Å². The highest BCUT2D eigenvalue weighted by Crippen LogP contribution is 2.30. The molecule has 1 saturated carbocycles. The maximum absolute atomic E-state index is 6.21. The van der Waals surface area contributed by atoms with Gasteiger partial charge in [0.2, 0.25) is 0 Å². The Morgan fingerprint density at radius 2 is 2.24 bits per heavy atom. The van der Waals surface area contributed by atoms with Crippen LogP contribution in [0.2, 0.25) is 5.02 Å². The summed E-state index contributed by atoms with van der Waals surface area (Å²) in [4.78, 5) is 0.382. The summed E-state index contributed by atoms with van der Waals surface area (Å²) in [6.07, 6.45) is 3.72. The first kappa shape index (κ1) is 12.7. The Labute approximate surface area is 113 Å². The number of hydrogen-bond donors (Lipinski definition) is 2. The van der Waals surface area contributed by atoms with Gasteiger partial charge in [0, 0.05) is 11.6 Å². The van der Waals surface area contributed by atoms with Crippen molar-refractivity contribution in [3.05, 3.63) is 28.8 Å². The zero-order valence-corrected chi connectivity index (χ0v) is 11.4. The Bertz CT molecular complexity index is 433. The molecule has 17 heavy (non-hydrogen) atoms. The van der Waals surface area contributed by atoms with Crippen LogP contribution >= 0.6 is 23.8 Å². The van der Waals surface area contributed by atoms with Gasteiger partial charge in [-0.05, 0) is 43.4 Å². The maximum Gasteiger partial charge on any atom is 0.104 e. The van der Waals surface area contributed by atoms with Crippen LogP contribution in [0.25, 0.3) is 0 Å². The first-order valence-electron chi connectivity index (χ1n) is 5.92. The molecule has 0 aromatic heterocycles. The van der Waals surface area contributed by atoms with Gasteiger partial charge in [0.05, 0.1) is 10.7 Å². The minimum atomic E-state index is 0.382. The molecule has 1 aliphatic carbocycles. The molecule has 1 aromatic rings. The molecule has 1 aromatic carbocycles. The quantitative estimate of drug-likeness (QED) is 0.823. The van der Waals surface area contributed by atoms with Gasteiger partial charge in [-0.25, -0.2) is 0 Å². The highest BCUT2D eigenvalue weighted by atomic mass is 35.5. The van der Waals surface area contributed by atoms with Gasteiger partial charge in [-0.1, -0.05) is 30.7 Å². The molecule has 0 spiro atoms. The molecule has 0 aliphatic heterocycles. The van der Waals surface area contributed by atoms with E-state index in [-0.39, 0.29) is 0 Å². The highest BCUT2D eigenvalue weighted by Gasteiger charge is 2.21. The summed E-state index contributed by atoms with van der Waals surface area (Å²) in [5.74, 6) is 0.808. The Balaban J connectivity index is 2.09. The van der Waals surface area contributed by atoms with Crippen molar-refractivity contribution in [2.24, 2.45) is 11.7 Å². The van der Waals surface area contributed by atoms with Crippen molar-refractivity contribution in [2.45, 2.75) is 32.2 Å². The number of thiocarbonyl (C=S) groups is 1. The lowest BCUT2D eigenvalue weighted by atomic mass is 10.1. The molecule has 0 amide bonds. The van der Waals surface area contributed by atoms with Crippen LogP contribution in [0, 0.1) is 5.92 Å². The average molecular weight is 269 g/mol. The van der Waals surface area contributed by atoms with Crippen LogP contribution in [0.4, 0.5) is 5.69 Å². The Morgan fingerprint density at radius 1 is 1.47 bits per heavy atom. The van der Waals surface area contributed by atoms with E-state index < -0.39 is 0 Å². The number of rotatable bonds is 3. The van der Waals surface area contributed by atoms with Gasteiger partial charge < -0.3 is 11.1 Å². The molecule has 3 N–H and O–H groups in total. The minimum Gasteiger partial charge on any atom is -0.389 e. The lowest BCUT2D eigenvalue weighted by Gasteiger charge is -2.15. The van der Waals surface area contributed by atoms with Gasteiger partial charge in [0.15, 0.2) is 0 Å². The van der Waals surface area contributed by atoms with E-state index in [0.717, 1.165) is 17.2 Å². The first-order chi connectivity index (χ1) is 8.06. The van der Waals surface area contributed by atoms with Gasteiger partial charge >= 0.3 is 0 Å². The number of anilines is 1. The van der Waals surface area contributed by atoms with Crippen LogP contribution < -0.4 is 11.1 Å². The van der Waals surface area contributed by atoms with Crippen LogP contribution in [-0.4, -0.2) is 11.0 Å². The van der Waals surface area contributed by atoms with Crippen LogP contribution in [0.1, 0.15) is 31.7 Å². The second-order valence-electron chi connectivity index (χ2n) is 4.82. The van der Waals surface area contributed by atoms with Gasteiger partial charge in [-0.15, -0.1) is 0 Å². The van der Waals surface area contributed by atoms with Gasteiger partial charge in [-0.2, -0.15) is 0 Å². The summed E-state index contributed by atoms with van der Waals surface area (Å²) in [7, 11) is 0. The van der Waals surface area contributed by atoms with Gasteiger partial charge in [0.25, 0.3) is 0 Å². The zero-order valence-electron chi connectivity index (χ0n) is 9.87. The third-order valence-corrected chi connectivity index (χ3v) is 3.86. The molecule has 1 aliphatic rings. The maximum atomic E-state index is 6.21. The van der Waals surface area contributed by atoms with Crippen molar-refractivity contribution in [3.8, 4) is 0 Å². The molecule has 0 bridgehead atoms.